The second-order valence-electron chi connectivity index (χ2n) is 5.80. The third kappa shape index (κ3) is 3.20. The Morgan fingerprint density at radius 3 is 3.05 bits per heavy atom. The average molecular weight is 301 g/mol. The van der Waals surface area contributed by atoms with Crippen LogP contribution in [0.15, 0.2) is 28.8 Å². The van der Waals surface area contributed by atoms with E-state index in [0.717, 1.165) is 31.5 Å². The van der Waals surface area contributed by atoms with Gasteiger partial charge in [0.1, 0.15) is 0 Å². The maximum atomic E-state index is 9.40. The minimum absolute atomic E-state index is 0.134. The van der Waals surface area contributed by atoms with Gasteiger partial charge in [0.25, 0.3) is 0 Å². The van der Waals surface area contributed by atoms with Crippen molar-refractivity contribution in [2.45, 2.75) is 45.2 Å². The summed E-state index contributed by atoms with van der Waals surface area (Å²) in [6.45, 7) is 3.44. The van der Waals surface area contributed by atoms with Crippen LogP contribution in [0.2, 0.25) is 0 Å². The molecule has 1 aliphatic rings. The molecule has 5 nitrogen and oxygen atoms in total. The molecule has 0 spiro atoms. The fourth-order valence-corrected chi connectivity index (χ4v) is 3.24. The van der Waals surface area contributed by atoms with Crippen LogP contribution in [-0.2, 0) is 19.4 Å². The molecule has 1 aromatic carbocycles. The quantitative estimate of drug-likeness (QED) is 0.851. The van der Waals surface area contributed by atoms with E-state index >= 15 is 0 Å². The number of aryl methyl sites for hydroxylation is 2. The van der Waals surface area contributed by atoms with Gasteiger partial charge in [-0.3, -0.25) is 4.90 Å². The third-order valence-corrected chi connectivity index (χ3v) is 4.25. The first-order chi connectivity index (χ1) is 10.8. The molecule has 5 heteroatoms. The Bertz CT molecular complexity index is 611. The van der Waals surface area contributed by atoms with E-state index in [9.17, 15) is 5.11 Å². The van der Waals surface area contributed by atoms with E-state index < -0.39 is 0 Å². The molecule has 1 heterocycles. The van der Waals surface area contributed by atoms with Crippen LogP contribution in [0, 0.1) is 0 Å². The van der Waals surface area contributed by atoms with Crippen molar-refractivity contribution >= 4 is 0 Å². The van der Waals surface area contributed by atoms with Crippen molar-refractivity contribution in [3.05, 3.63) is 47.1 Å². The molecule has 0 amide bonds. The van der Waals surface area contributed by atoms with Gasteiger partial charge >= 0.3 is 0 Å². The Balaban J connectivity index is 1.75. The minimum atomic E-state index is 0.134. The van der Waals surface area contributed by atoms with Gasteiger partial charge in [-0.2, -0.15) is 4.98 Å². The zero-order chi connectivity index (χ0) is 15.4. The van der Waals surface area contributed by atoms with Crippen LogP contribution < -0.4 is 0 Å². The van der Waals surface area contributed by atoms with Crippen molar-refractivity contribution in [1.29, 1.82) is 0 Å². The SMILES string of the molecule is CCCc1noc(CN(CCO)C2CCc3ccccc32)n1. The van der Waals surface area contributed by atoms with Crippen molar-refractivity contribution in [2.24, 2.45) is 0 Å². The molecule has 1 unspecified atom stereocenters. The van der Waals surface area contributed by atoms with Crippen molar-refractivity contribution in [3.63, 3.8) is 0 Å². The lowest BCUT2D eigenvalue weighted by Gasteiger charge is -2.27. The summed E-state index contributed by atoms with van der Waals surface area (Å²) in [6, 6.07) is 8.88. The number of hydrogen-bond donors (Lipinski definition) is 1. The van der Waals surface area contributed by atoms with Crippen molar-refractivity contribution in [3.8, 4) is 0 Å². The van der Waals surface area contributed by atoms with Gasteiger partial charge in [0.05, 0.1) is 13.2 Å². The van der Waals surface area contributed by atoms with E-state index in [-0.39, 0.29) is 6.61 Å². The Morgan fingerprint density at radius 2 is 2.23 bits per heavy atom. The van der Waals surface area contributed by atoms with Crippen LogP contribution in [0.3, 0.4) is 0 Å². The zero-order valence-electron chi connectivity index (χ0n) is 13.0. The molecular formula is C17H23N3O2. The van der Waals surface area contributed by atoms with Gasteiger partial charge in [-0.15, -0.1) is 0 Å². The Labute approximate surface area is 131 Å². The van der Waals surface area contributed by atoms with Crippen LogP contribution >= 0.6 is 0 Å². The lowest BCUT2D eigenvalue weighted by atomic mass is 10.1. The van der Waals surface area contributed by atoms with Gasteiger partial charge in [-0.25, -0.2) is 0 Å². The Hall–Kier alpha value is -1.72. The lowest BCUT2D eigenvalue weighted by Crippen LogP contribution is -2.30. The first-order valence-electron chi connectivity index (χ1n) is 8.06. The van der Waals surface area contributed by atoms with Crippen LogP contribution in [-0.4, -0.2) is 33.3 Å². The van der Waals surface area contributed by atoms with Crippen molar-refractivity contribution < 1.29 is 9.63 Å². The van der Waals surface area contributed by atoms with Gasteiger partial charge < -0.3 is 9.63 Å². The zero-order valence-corrected chi connectivity index (χ0v) is 13.0. The summed E-state index contributed by atoms with van der Waals surface area (Å²) in [5.41, 5.74) is 2.77. The number of aromatic nitrogens is 2. The number of aliphatic hydroxyl groups is 1. The van der Waals surface area contributed by atoms with Gasteiger partial charge in [-0.1, -0.05) is 36.3 Å². The summed E-state index contributed by atoms with van der Waals surface area (Å²) >= 11 is 0. The predicted octanol–water partition coefficient (Wildman–Crippen LogP) is 2.50. The Kier molecular flexibility index (Phi) is 4.85. The standard InChI is InChI=1S/C17H23N3O2/c1-2-5-16-18-17(22-19-16)12-20(10-11-21)15-9-8-13-6-3-4-7-14(13)15/h3-4,6-7,15,21H,2,5,8-12H2,1H3. The molecule has 1 atom stereocenters. The smallest absolute Gasteiger partial charge is 0.240 e. The van der Waals surface area contributed by atoms with Crippen LogP contribution in [0.5, 0.6) is 0 Å². The van der Waals surface area contributed by atoms with Crippen molar-refractivity contribution in [1.82, 2.24) is 15.0 Å². The highest BCUT2D eigenvalue weighted by molar-refractivity contribution is 5.34. The van der Waals surface area contributed by atoms with Gasteiger partial charge in [-0.05, 0) is 30.4 Å². The molecule has 22 heavy (non-hydrogen) atoms. The molecule has 0 fully saturated rings. The molecule has 1 aliphatic carbocycles. The first-order valence-corrected chi connectivity index (χ1v) is 8.06. The fraction of sp³-hybridized carbons (Fsp3) is 0.529. The molecule has 0 radical (unpaired) electrons. The monoisotopic (exact) mass is 301 g/mol. The summed E-state index contributed by atoms with van der Waals surface area (Å²) in [6.07, 6.45) is 4.02. The summed E-state index contributed by atoms with van der Waals surface area (Å²) in [7, 11) is 0. The first kappa shape index (κ1) is 15.2. The summed E-state index contributed by atoms with van der Waals surface area (Å²) in [5, 5.41) is 13.4. The van der Waals surface area contributed by atoms with E-state index in [1.54, 1.807) is 0 Å². The van der Waals surface area contributed by atoms with Crippen LogP contribution in [0.1, 0.15) is 48.6 Å². The van der Waals surface area contributed by atoms with E-state index in [1.807, 2.05) is 0 Å². The minimum Gasteiger partial charge on any atom is -0.395 e. The maximum Gasteiger partial charge on any atom is 0.240 e. The van der Waals surface area contributed by atoms with E-state index in [4.69, 9.17) is 4.52 Å². The van der Waals surface area contributed by atoms with E-state index in [2.05, 4.69) is 46.2 Å². The number of nitrogens with zero attached hydrogens (tertiary/aromatic N) is 3. The van der Waals surface area contributed by atoms with Gasteiger partial charge in [0.15, 0.2) is 5.82 Å². The number of hydrogen-bond acceptors (Lipinski definition) is 5. The summed E-state index contributed by atoms with van der Waals surface area (Å²) in [4.78, 5) is 6.69. The highest BCUT2D eigenvalue weighted by atomic mass is 16.5. The normalized spacial score (nSPS) is 17.1. The number of benzene rings is 1. The van der Waals surface area contributed by atoms with Crippen LogP contribution in [0.25, 0.3) is 0 Å². The second-order valence-corrected chi connectivity index (χ2v) is 5.80. The molecule has 0 bridgehead atoms. The largest absolute Gasteiger partial charge is 0.395 e. The molecule has 118 valence electrons. The molecule has 0 saturated carbocycles. The highest BCUT2D eigenvalue weighted by Crippen LogP contribution is 2.36. The summed E-state index contributed by atoms with van der Waals surface area (Å²) in [5.74, 6) is 1.41. The molecule has 0 aliphatic heterocycles. The molecule has 2 aromatic rings. The van der Waals surface area contributed by atoms with Crippen LogP contribution in [0.4, 0.5) is 0 Å². The molecule has 3 rings (SSSR count). The lowest BCUT2D eigenvalue weighted by molar-refractivity contribution is 0.128. The number of aliphatic hydroxyl groups excluding tert-OH is 1. The third-order valence-electron chi connectivity index (χ3n) is 4.25. The summed E-state index contributed by atoms with van der Waals surface area (Å²) < 4.78 is 5.36. The molecular weight excluding hydrogens is 278 g/mol. The average Bonchev–Trinajstić information content (AvgIpc) is 3.14. The Morgan fingerprint density at radius 1 is 1.36 bits per heavy atom. The van der Waals surface area contributed by atoms with Gasteiger partial charge in [0.2, 0.25) is 5.89 Å². The molecule has 1 N–H and O–H groups in total. The van der Waals surface area contributed by atoms with Crippen molar-refractivity contribution in [2.75, 3.05) is 13.2 Å². The number of fused-ring (bicyclic) bond motifs is 1. The molecule has 0 saturated heterocycles. The molecule has 1 aromatic heterocycles. The topological polar surface area (TPSA) is 62.4 Å². The highest BCUT2D eigenvalue weighted by Gasteiger charge is 2.28. The fourth-order valence-electron chi connectivity index (χ4n) is 3.24. The number of rotatable bonds is 7. The predicted molar refractivity (Wildman–Crippen MR) is 83.3 cm³/mol. The van der Waals surface area contributed by atoms with E-state index in [0.29, 0.717) is 25.0 Å². The maximum absolute atomic E-state index is 9.40. The van der Waals surface area contributed by atoms with Gasteiger partial charge in [0, 0.05) is 19.0 Å². The second kappa shape index (κ2) is 7.03. The van der Waals surface area contributed by atoms with E-state index in [1.165, 1.54) is 11.1 Å².